The monoisotopic (exact) mass is 253 g/mol. The van der Waals surface area contributed by atoms with Gasteiger partial charge in [-0.1, -0.05) is 20.8 Å². The molecule has 1 aromatic rings. The van der Waals surface area contributed by atoms with Crippen LogP contribution in [0.25, 0.3) is 0 Å². The lowest BCUT2D eigenvalue weighted by atomic mass is 9.91. The third kappa shape index (κ3) is 2.81. The molecule has 3 nitrogen and oxygen atoms in total. The van der Waals surface area contributed by atoms with E-state index < -0.39 is 0 Å². The van der Waals surface area contributed by atoms with Gasteiger partial charge in [-0.15, -0.1) is 11.8 Å². The molecule has 1 fully saturated rings. The van der Waals surface area contributed by atoms with Gasteiger partial charge in [0.25, 0.3) is 0 Å². The van der Waals surface area contributed by atoms with Crippen LogP contribution in [0.15, 0.2) is 17.2 Å². The number of pyridine rings is 1. The molecular formula is C13H19NO2S. The number of aromatic nitrogens is 1. The third-order valence-corrected chi connectivity index (χ3v) is 3.45. The van der Waals surface area contributed by atoms with Gasteiger partial charge >= 0.3 is 0 Å². The van der Waals surface area contributed by atoms with E-state index >= 15 is 0 Å². The van der Waals surface area contributed by atoms with Gasteiger partial charge < -0.3 is 9.47 Å². The highest BCUT2D eigenvalue weighted by molar-refractivity contribution is 7.98. The lowest BCUT2D eigenvalue weighted by molar-refractivity contribution is -0.0445. The Labute approximate surface area is 107 Å². The van der Waals surface area contributed by atoms with Crippen molar-refractivity contribution >= 4 is 11.8 Å². The van der Waals surface area contributed by atoms with Gasteiger partial charge in [0.2, 0.25) is 0 Å². The molecule has 1 aliphatic heterocycles. The molecule has 1 aliphatic rings. The second-order valence-corrected chi connectivity index (χ2v) is 5.99. The summed E-state index contributed by atoms with van der Waals surface area (Å²) in [5, 5.41) is 0. The van der Waals surface area contributed by atoms with Gasteiger partial charge in [0.15, 0.2) is 6.29 Å². The highest BCUT2D eigenvalue weighted by Crippen LogP contribution is 2.33. The maximum atomic E-state index is 5.49. The number of rotatable bonds is 2. The lowest BCUT2D eigenvalue weighted by Crippen LogP contribution is -2.15. The van der Waals surface area contributed by atoms with Crippen molar-refractivity contribution in [1.82, 2.24) is 4.98 Å². The zero-order valence-corrected chi connectivity index (χ0v) is 11.6. The van der Waals surface area contributed by atoms with Crippen LogP contribution in [-0.2, 0) is 14.9 Å². The van der Waals surface area contributed by atoms with Crippen LogP contribution in [0.1, 0.15) is 38.3 Å². The molecule has 0 spiro atoms. The Balaban J connectivity index is 2.33. The molecule has 0 radical (unpaired) electrons. The summed E-state index contributed by atoms with van der Waals surface area (Å²) in [5.41, 5.74) is 2.21. The average Bonchev–Trinajstić information content (AvgIpc) is 2.80. The van der Waals surface area contributed by atoms with Gasteiger partial charge in [-0.25, -0.2) is 0 Å². The summed E-state index contributed by atoms with van der Waals surface area (Å²) in [5.74, 6) is 0. The molecule has 0 saturated carbocycles. The molecule has 0 aliphatic carbocycles. The quantitative estimate of drug-likeness (QED) is 0.758. The van der Waals surface area contributed by atoms with E-state index in [-0.39, 0.29) is 11.7 Å². The van der Waals surface area contributed by atoms with Crippen molar-refractivity contribution < 1.29 is 9.47 Å². The number of hydrogen-bond acceptors (Lipinski definition) is 4. The van der Waals surface area contributed by atoms with Crippen LogP contribution in [0.2, 0.25) is 0 Å². The van der Waals surface area contributed by atoms with Crippen LogP contribution >= 0.6 is 11.8 Å². The molecular weight excluding hydrogens is 234 g/mol. The van der Waals surface area contributed by atoms with Crippen molar-refractivity contribution in [3.8, 4) is 0 Å². The minimum atomic E-state index is -0.234. The maximum absolute atomic E-state index is 5.49. The summed E-state index contributed by atoms with van der Waals surface area (Å²) >= 11 is 1.72. The van der Waals surface area contributed by atoms with Gasteiger partial charge in [-0.2, -0.15) is 0 Å². The molecule has 1 saturated heterocycles. The first-order chi connectivity index (χ1) is 8.02. The molecule has 2 rings (SSSR count). The summed E-state index contributed by atoms with van der Waals surface area (Å²) in [6, 6.07) is 2.13. The number of nitrogens with zero attached hydrogens (tertiary/aromatic N) is 1. The Morgan fingerprint density at radius 2 is 1.94 bits per heavy atom. The van der Waals surface area contributed by atoms with Gasteiger partial charge in [-0.3, -0.25) is 4.98 Å². The molecule has 0 bridgehead atoms. The Hall–Kier alpha value is -0.580. The standard InChI is InChI=1S/C13H19NO2S/c1-13(2,3)11-10(17-4)7-9(8-14-11)12-15-5-6-16-12/h7-8,12H,5-6H2,1-4H3. The Bertz CT molecular complexity index is 395. The van der Waals surface area contributed by atoms with Crippen molar-refractivity contribution in [2.75, 3.05) is 19.5 Å². The summed E-state index contributed by atoms with van der Waals surface area (Å²) in [6.45, 7) is 7.87. The van der Waals surface area contributed by atoms with Crippen molar-refractivity contribution in [2.45, 2.75) is 37.4 Å². The SMILES string of the molecule is CSc1cc(C2OCCO2)cnc1C(C)(C)C. The molecule has 1 aromatic heterocycles. The Kier molecular flexibility index (Phi) is 3.76. The van der Waals surface area contributed by atoms with Gasteiger partial charge in [-0.05, 0) is 12.3 Å². The van der Waals surface area contributed by atoms with Gasteiger partial charge in [0.05, 0.1) is 18.9 Å². The summed E-state index contributed by atoms with van der Waals surface area (Å²) < 4.78 is 11.0. The number of thioether (sulfide) groups is 1. The third-order valence-electron chi connectivity index (χ3n) is 2.70. The topological polar surface area (TPSA) is 31.4 Å². The molecule has 0 unspecified atom stereocenters. The van der Waals surface area contributed by atoms with Crippen molar-refractivity contribution in [1.29, 1.82) is 0 Å². The van der Waals surface area contributed by atoms with Crippen LogP contribution in [0.4, 0.5) is 0 Å². The number of ether oxygens (including phenoxy) is 2. The number of hydrogen-bond donors (Lipinski definition) is 0. The maximum Gasteiger partial charge on any atom is 0.185 e. The van der Waals surface area contributed by atoms with Crippen LogP contribution in [-0.4, -0.2) is 24.5 Å². The van der Waals surface area contributed by atoms with Gasteiger partial charge in [0, 0.05) is 22.1 Å². The molecule has 0 atom stereocenters. The molecule has 2 heterocycles. The Morgan fingerprint density at radius 3 is 2.47 bits per heavy atom. The summed E-state index contributed by atoms with van der Waals surface area (Å²) in [4.78, 5) is 5.79. The van der Waals surface area contributed by atoms with E-state index in [0.717, 1.165) is 11.3 Å². The Morgan fingerprint density at radius 1 is 1.29 bits per heavy atom. The fourth-order valence-electron chi connectivity index (χ4n) is 1.86. The predicted molar refractivity (Wildman–Crippen MR) is 69.4 cm³/mol. The minimum Gasteiger partial charge on any atom is -0.346 e. The first-order valence-electron chi connectivity index (χ1n) is 5.80. The van der Waals surface area contributed by atoms with Crippen molar-refractivity contribution in [3.63, 3.8) is 0 Å². The largest absolute Gasteiger partial charge is 0.346 e. The van der Waals surface area contributed by atoms with E-state index in [1.165, 1.54) is 4.90 Å². The fourth-order valence-corrected chi connectivity index (χ4v) is 2.66. The first-order valence-corrected chi connectivity index (χ1v) is 7.02. The fraction of sp³-hybridized carbons (Fsp3) is 0.615. The first kappa shape index (κ1) is 12.9. The van der Waals surface area contributed by atoms with Crippen LogP contribution in [0, 0.1) is 0 Å². The van der Waals surface area contributed by atoms with E-state index in [9.17, 15) is 0 Å². The minimum absolute atomic E-state index is 0.0638. The highest BCUT2D eigenvalue weighted by atomic mass is 32.2. The second-order valence-electron chi connectivity index (χ2n) is 5.14. The smallest absolute Gasteiger partial charge is 0.185 e. The molecule has 4 heteroatoms. The van der Waals surface area contributed by atoms with Crippen molar-refractivity contribution in [2.24, 2.45) is 0 Å². The van der Waals surface area contributed by atoms with Crippen LogP contribution < -0.4 is 0 Å². The zero-order valence-electron chi connectivity index (χ0n) is 10.8. The van der Waals surface area contributed by atoms with Crippen molar-refractivity contribution in [3.05, 3.63) is 23.5 Å². The van der Waals surface area contributed by atoms with E-state index in [4.69, 9.17) is 9.47 Å². The van der Waals surface area contributed by atoms with Crippen LogP contribution in [0.5, 0.6) is 0 Å². The van der Waals surface area contributed by atoms with E-state index in [1.807, 2.05) is 6.20 Å². The van der Waals surface area contributed by atoms with Crippen LogP contribution in [0.3, 0.4) is 0 Å². The molecule has 17 heavy (non-hydrogen) atoms. The summed E-state index contributed by atoms with van der Waals surface area (Å²) in [7, 11) is 0. The molecule has 0 N–H and O–H groups in total. The molecule has 94 valence electrons. The normalized spacial score (nSPS) is 17.6. The molecule has 0 amide bonds. The van der Waals surface area contributed by atoms with Gasteiger partial charge in [0.1, 0.15) is 0 Å². The summed E-state index contributed by atoms with van der Waals surface area (Å²) in [6.07, 6.45) is 3.71. The highest BCUT2D eigenvalue weighted by Gasteiger charge is 2.23. The molecule has 0 aromatic carbocycles. The second kappa shape index (κ2) is 4.96. The average molecular weight is 253 g/mol. The van der Waals surface area contributed by atoms with E-state index in [0.29, 0.717) is 13.2 Å². The van der Waals surface area contributed by atoms with E-state index in [2.05, 4.69) is 38.1 Å². The lowest BCUT2D eigenvalue weighted by Gasteiger charge is -2.22. The zero-order chi connectivity index (χ0) is 12.5. The predicted octanol–water partition coefficient (Wildman–Crippen LogP) is 3.15. The van der Waals surface area contributed by atoms with E-state index in [1.54, 1.807) is 11.8 Å².